The summed E-state index contributed by atoms with van der Waals surface area (Å²) >= 11 is 0. The number of aryl methyl sites for hydroxylation is 1. The standard InChI is InChI=1S/C21H20N4O4S/c1-14-24-18-12-23-21(28-2)19(16-6-4-3-5-7-16)20(18)25(14)13-15-8-10-17(11-9-15)29-30(22,26)27/h3-12H,13H2,1-2H3,(H2,22,26,27). The van der Waals surface area contributed by atoms with E-state index in [-0.39, 0.29) is 5.75 Å². The number of pyridine rings is 1. The van der Waals surface area contributed by atoms with Crippen molar-refractivity contribution in [1.29, 1.82) is 0 Å². The summed E-state index contributed by atoms with van der Waals surface area (Å²) in [6, 6.07) is 16.6. The van der Waals surface area contributed by atoms with Crippen LogP contribution in [0.4, 0.5) is 0 Å². The Morgan fingerprint density at radius 3 is 2.40 bits per heavy atom. The molecule has 2 N–H and O–H groups in total. The molecule has 0 aliphatic rings. The SMILES string of the molecule is COc1ncc2nc(C)n(Cc3ccc(OS(N)(=O)=O)cc3)c2c1-c1ccccc1. The number of hydrogen-bond acceptors (Lipinski definition) is 6. The van der Waals surface area contributed by atoms with Crippen molar-refractivity contribution in [3.8, 4) is 22.8 Å². The first kappa shape index (κ1) is 19.9. The molecule has 4 aromatic rings. The third kappa shape index (κ3) is 3.98. The fourth-order valence-electron chi connectivity index (χ4n) is 3.41. The summed E-state index contributed by atoms with van der Waals surface area (Å²) in [6.45, 7) is 2.45. The number of nitrogens with two attached hydrogens (primary N) is 1. The zero-order valence-electron chi connectivity index (χ0n) is 16.4. The van der Waals surface area contributed by atoms with Gasteiger partial charge < -0.3 is 13.5 Å². The lowest BCUT2D eigenvalue weighted by atomic mass is 10.1. The smallest absolute Gasteiger partial charge is 0.380 e. The van der Waals surface area contributed by atoms with Gasteiger partial charge in [-0.25, -0.2) is 9.97 Å². The second-order valence-corrected chi connectivity index (χ2v) is 7.86. The zero-order chi connectivity index (χ0) is 21.3. The molecule has 2 heterocycles. The fraction of sp³-hybridized carbons (Fsp3) is 0.143. The molecule has 154 valence electrons. The highest BCUT2D eigenvalue weighted by molar-refractivity contribution is 7.84. The molecule has 0 aliphatic carbocycles. The van der Waals surface area contributed by atoms with Gasteiger partial charge >= 0.3 is 10.3 Å². The number of ether oxygens (including phenoxy) is 1. The predicted molar refractivity (Wildman–Crippen MR) is 114 cm³/mol. The predicted octanol–water partition coefficient (Wildman–Crippen LogP) is 3.05. The van der Waals surface area contributed by atoms with Crippen LogP contribution in [0.1, 0.15) is 11.4 Å². The highest BCUT2D eigenvalue weighted by Crippen LogP contribution is 2.36. The van der Waals surface area contributed by atoms with Gasteiger partial charge in [0.2, 0.25) is 5.88 Å². The first-order valence-corrected chi connectivity index (χ1v) is 10.6. The van der Waals surface area contributed by atoms with Crippen LogP contribution in [0.15, 0.2) is 60.8 Å². The molecule has 0 saturated carbocycles. The van der Waals surface area contributed by atoms with Crippen molar-refractivity contribution in [2.45, 2.75) is 13.5 Å². The van der Waals surface area contributed by atoms with E-state index in [4.69, 9.17) is 14.1 Å². The minimum Gasteiger partial charge on any atom is -0.480 e. The third-order valence-corrected chi connectivity index (χ3v) is 5.10. The summed E-state index contributed by atoms with van der Waals surface area (Å²) in [5, 5.41) is 4.92. The largest absolute Gasteiger partial charge is 0.480 e. The summed E-state index contributed by atoms with van der Waals surface area (Å²) in [7, 11) is -2.46. The Bertz CT molecular complexity index is 1300. The molecule has 2 aromatic carbocycles. The zero-order valence-corrected chi connectivity index (χ0v) is 17.3. The summed E-state index contributed by atoms with van der Waals surface area (Å²) in [6.07, 6.45) is 1.70. The number of methoxy groups -OCH3 is 1. The molecule has 8 nitrogen and oxygen atoms in total. The highest BCUT2D eigenvalue weighted by atomic mass is 32.2. The molecule has 0 aliphatic heterocycles. The number of imidazole rings is 1. The summed E-state index contributed by atoms with van der Waals surface area (Å²) < 4.78 is 34.5. The maximum Gasteiger partial charge on any atom is 0.380 e. The van der Waals surface area contributed by atoms with Gasteiger partial charge in [0.1, 0.15) is 17.1 Å². The molecule has 2 aromatic heterocycles. The minimum atomic E-state index is -4.06. The van der Waals surface area contributed by atoms with Gasteiger partial charge in [0, 0.05) is 6.54 Å². The lowest BCUT2D eigenvalue weighted by Gasteiger charge is -2.13. The van der Waals surface area contributed by atoms with Gasteiger partial charge in [-0.05, 0) is 30.2 Å². The van der Waals surface area contributed by atoms with E-state index < -0.39 is 10.3 Å². The molecule has 0 radical (unpaired) electrons. The molecule has 0 bridgehead atoms. The van der Waals surface area contributed by atoms with Crippen LogP contribution >= 0.6 is 0 Å². The fourth-order valence-corrected chi connectivity index (χ4v) is 3.79. The molecule has 0 amide bonds. The van der Waals surface area contributed by atoms with Crippen LogP contribution in [0.3, 0.4) is 0 Å². The number of hydrogen-bond donors (Lipinski definition) is 1. The second-order valence-electron chi connectivity index (χ2n) is 6.71. The summed E-state index contributed by atoms with van der Waals surface area (Å²) in [5.41, 5.74) is 4.46. The molecule has 0 spiro atoms. The molecule has 30 heavy (non-hydrogen) atoms. The number of nitrogens with zero attached hydrogens (tertiary/aromatic N) is 3. The van der Waals surface area contributed by atoms with Crippen LogP contribution in [0, 0.1) is 6.92 Å². The topological polar surface area (TPSA) is 109 Å². The van der Waals surface area contributed by atoms with E-state index in [0.29, 0.717) is 12.4 Å². The van der Waals surface area contributed by atoms with E-state index in [1.165, 1.54) is 0 Å². The normalized spacial score (nSPS) is 11.6. The number of benzene rings is 2. The van der Waals surface area contributed by atoms with Crippen molar-refractivity contribution in [2.75, 3.05) is 7.11 Å². The van der Waals surface area contributed by atoms with Gasteiger partial charge in [-0.15, -0.1) is 0 Å². The van der Waals surface area contributed by atoms with Crippen LogP contribution in [0.5, 0.6) is 11.6 Å². The lowest BCUT2D eigenvalue weighted by molar-refractivity contribution is 0.400. The quantitative estimate of drug-likeness (QED) is 0.509. The van der Waals surface area contributed by atoms with Crippen molar-refractivity contribution in [3.05, 3.63) is 72.2 Å². The van der Waals surface area contributed by atoms with Crippen molar-refractivity contribution in [2.24, 2.45) is 5.14 Å². The van der Waals surface area contributed by atoms with Crippen LogP contribution in [-0.2, 0) is 16.8 Å². The molecule has 0 atom stereocenters. The molecule has 0 unspecified atom stereocenters. The van der Waals surface area contributed by atoms with Gasteiger partial charge in [0.15, 0.2) is 0 Å². The van der Waals surface area contributed by atoms with Gasteiger partial charge in [-0.2, -0.15) is 13.6 Å². The molecule has 9 heteroatoms. The van der Waals surface area contributed by atoms with E-state index in [1.54, 1.807) is 37.6 Å². The van der Waals surface area contributed by atoms with Crippen LogP contribution in [-0.4, -0.2) is 30.1 Å². The van der Waals surface area contributed by atoms with Gasteiger partial charge in [-0.3, -0.25) is 0 Å². The van der Waals surface area contributed by atoms with E-state index in [9.17, 15) is 8.42 Å². The van der Waals surface area contributed by atoms with Crippen LogP contribution < -0.4 is 14.1 Å². The number of aromatic nitrogens is 3. The van der Waals surface area contributed by atoms with Crippen molar-refractivity contribution >= 4 is 21.3 Å². The van der Waals surface area contributed by atoms with Crippen molar-refractivity contribution in [1.82, 2.24) is 14.5 Å². The van der Waals surface area contributed by atoms with Crippen molar-refractivity contribution < 1.29 is 17.3 Å². The van der Waals surface area contributed by atoms with Crippen molar-refractivity contribution in [3.63, 3.8) is 0 Å². The first-order chi connectivity index (χ1) is 14.4. The average molecular weight is 424 g/mol. The Labute approximate surface area is 174 Å². The molecule has 4 rings (SSSR count). The van der Waals surface area contributed by atoms with Gasteiger partial charge in [0.05, 0.1) is 24.4 Å². The Morgan fingerprint density at radius 1 is 1.07 bits per heavy atom. The lowest BCUT2D eigenvalue weighted by Crippen LogP contribution is -2.18. The second kappa shape index (κ2) is 7.77. The summed E-state index contributed by atoms with van der Waals surface area (Å²) in [5.74, 6) is 1.50. The third-order valence-electron chi connectivity index (χ3n) is 4.67. The first-order valence-electron chi connectivity index (χ1n) is 9.12. The monoisotopic (exact) mass is 424 g/mol. The van der Waals surface area contributed by atoms with Crippen LogP contribution in [0.2, 0.25) is 0 Å². The Hall–Kier alpha value is -3.43. The molecular formula is C21H20N4O4S. The Balaban J connectivity index is 1.81. The van der Waals surface area contributed by atoms with E-state index in [1.807, 2.05) is 37.3 Å². The van der Waals surface area contributed by atoms with Gasteiger partial charge in [0.25, 0.3) is 0 Å². The minimum absolute atomic E-state index is 0.157. The van der Waals surface area contributed by atoms with Gasteiger partial charge in [-0.1, -0.05) is 42.5 Å². The Kier molecular flexibility index (Phi) is 5.15. The maximum atomic E-state index is 11.1. The average Bonchev–Trinajstić information content (AvgIpc) is 3.03. The molecule has 0 fully saturated rings. The summed E-state index contributed by atoms with van der Waals surface area (Å²) in [4.78, 5) is 9.09. The van der Waals surface area contributed by atoms with E-state index in [2.05, 4.69) is 14.5 Å². The van der Waals surface area contributed by atoms with E-state index in [0.717, 1.165) is 33.5 Å². The Morgan fingerprint density at radius 2 is 1.77 bits per heavy atom. The number of fused-ring (bicyclic) bond motifs is 1. The maximum absolute atomic E-state index is 11.1. The number of rotatable bonds is 6. The van der Waals surface area contributed by atoms with E-state index >= 15 is 0 Å². The van der Waals surface area contributed by atoms with Crippen LogP contribution in [0.25, 0.3) is 22.2 Å². The molecular weight excluding hydrogens is 404 g/mol. The molecule has 0 saturated heterocycles. The highest BCUT2D eigenvalue weighted by Gasteiger charge is 2.19.